The molecule has 0 aliphatic rings. The zero-order chi connectivity index (χ0) is 14.7. The summed E-state index contributed by atoms with van der Waals surface area (Å²) >= 11 is 5.80. The molecule has 1 amide bonds. The fraction of sp³-hybridized carbons (Fsp3) is 0.133. The molecule has 6 heteroatoms. The Bertz CT molecular complexity index is 659. The number of pyridine rings is 1. The van der Waals surface area contributed by atoms with Crippen molar-refractivity contribution in [2.75, 3.05) is 0 Å². The molecular formula is C15H15BrClN2O2+. The number of halogens is 2. The lowest BCUT2D eigenvalue weighted by Gasteiger charge is -2.07. The van der Waals surface area contributed by atoms with Gasteiger partial charge in [0.1, 0.15) is 5.56 Å². The first-order valence-electron chi connectivity index (χ1n) is 6.09. The van der Waals surface area contributed by atoms with Gasteiger partial charge in [0.2, 0.25) is 11.8 Å². The monoisotopic (exact) mass is 369 g/mol. The predicted octanol–water partition coefficient (Wildman–Crippen LogP) is 2.75. The molecule has 4 nitrogen and oxygen atoms in total. The van der Waals surface area contributed by atoms with Crippen LogP contribution in [0.4, 0.5) is 0 Å². The van der Waals surface area contributed by atoms with Crippen molar-refractivity contribution in [3.05, 3.63) is 64.9 Å². The highest BCUT2D eigenvalue weighted by atomic mass is 79.9. The summed E-state index contributed by atoms with van der Waals surface area (Å²) in [6.07, 6.45) is 3.30. The van der Waals surface area contributed by atoms with Gasteiger partial charge in [-0.1, -0.05) is 11.6 Å². The van der Waals surface area contributed by atoms with Crippen molar-refractivity contribution in [1.82, 2.24) is 0 Å². The second-order valence-corrected chi connectivity index (χ2v) is 4.89. The quantitative estimate of drug-likeness (QED) is 0.664. The maximum absolute atomic E-state index is 12.4. The van der Waals surface area contributed by atoms with E-state index in [0.29, 0.717) is 16.1 Å². The van der Waals surface area contributed by atoms with E-state index >= 15 is 0 Å². The average Bonchev–Trinajstić information content (AvgIpc) is 2.46. The van der Waals surface area contributed by atoms with E-state index in [-0.39, 0.29) is 22.8 Å². The van der Waals surface area contributed by atoms with E-state index < -0.39 is 11.9 Å². The Morgan fingerprint density at radius 3 is 2.33 bits per heavy atom. The molecule has 1 atom stereocenters. The number of carbonyl (C=O) groups is 2. The summed E-state index contributed by atoms with van der Waals surface area (Å²) < 4.78 is 1.66. The fourth-order valence-electron chi connectivity index (χ4n) is 1.87. The molecule has 0 bridgehead atoms. The molecule has 0 fully saturated rings. The Labute approximate surface area is 138 Å². The first kappa shape index (κ1) is 17.3. The van der Waals surface area contributed by atoms with Crippen LogP contribution in [0.2, 0.25) is 5.02 Å². The van der Waals surface area contributed by atoms with E-state index in [4.69, 9.17) is 17.3 Å². The topological polar surface area (TPSA) is 64.0 Å². The largest absolute Gasteiger partial charge is 0.365 e. The number of Topliss-reactive ketones (excluding diaryl/α,β-unsaturated/α-hetero) is 1. The highest BCUT2D eigenvalue weighted by Crippen LogP contribution is 2.13. The molecule has 2 N–H and O–H groups in total. The van der Waals surface area contributed by atoms with E-state index in [9.17, 15) is 9.59 Å². The van der Waals surface area contributed by atoms with Gasteiger partial charge in [-0.05, 0) is 30.3 Å². The summed E-state index contributed by atoms with van der Waals surface area (Å²) in [6.45, 7) is 1.77. The summed E-state index contributed by atoms with van der Waals surface area (Å²) in [6, 6.07) is 9.57. The third-order valence-corrected chi connectivity index (χ3v) is 3.31. The van der Waals surface area contributed by atoms with Crippen molar-refractivity contribution < 1.29 is 14.2 Å². The van der Waals surface area contributed by atoms with E-state index in [1.165, 1.54) is 0 Å². The molecule has 1 heterocycles. The maximum Gasteiger partial charge on any atom is 0.254 e. The lowest BCUT2D eigenvalue weighted by Crippen LogP contribution is -2.42. The van der Waals surface area contributed by atoms with Crippen molar-refractivity contribution in [3.63, 3.8) is 0 Å². The Morgan fingerprint density at radius 1 is 1.14 bits per heavy atom. The molecule has 1 aromatic heterocycles. The second kappa shape index (κ2) is 7.33. The van der Waals surface area contributed by atoms with Crippen LogP contribution in [0.1, 0.15) is 33.7 Å². The normalized spacial score (nSPS) is 11.3. The number of hydrogen-bond donors (Lipinski definition) is 1. The molecule has 0 spiro atoms. The van der Waals surface area contributed by atoms with Crippen LogP contribution in [0.5, 0.6) is 0 Å². The zero-order valence-electron chi connectivity index (χ0n) is 11.3. The average molecular weight is 371 g/mol. The molecule has 0 saturated heterocycles. The van der Waals surface area contributed by atoms with Gasteiger partial charge in [-0.3, -0.25) is 9.59 Å². The number of amides is 1. The Hall–Kier alpha value is -1.72. The Morgan fingerprint density at radius 2 is 1.76 bits per heavy atom. The van der Waals surface area contributed by atoms with E-state index in [2.05, 4.69) is 0 Å². The summed E-state index contributed by atoms with van der Waals surface area (Å²) in [5, 5.41) is 0.581. The van der Waals surface area contributed by atoms with Gasteiger partial charge in [0.05, 0.1) is 0 Å². The molecular weight excluding hydrogens is 356 g/mol. The number of benzene rings is 1. The SMILES string of the molecule is Br.CC(C(=O)c1ccc(Cl)cc1)[n+]1cccc(C(N)=O)c1. The third kappa shape index (κ3) is 4.12. The summed E-state index contributed by atoms with van der Waals surface area (Å²) in [4.78, 5) is 23.5. The molecule has 21 heavy (non-hydrogen) atoms. The minimum Gasteiger partial charge on any atom is -0.365 e. The minimum absolute atomic E-state index is 0. The van der Waals surface area contributed by atoms with Crippen LogP contribution in [-0.2, 0) is 0 Å². The van der Waals surface area contributed by atoms with E-state index in [1.54, 1.807) is 60.3 Å². The minimum atomic E-state index is -0.523. The van der Waals surface area contributed by atoms with Crippen LogP contribution in [0.3, 0.4) is 0 Å². The molecule has 0 aliphatic carbocycles. The van der Waals surface area contributed by atoms with Crippen LogP contribution in [-0.4, -0.2) is 11.7 Å². The summed E-state index contributed by atoms with van der Waals surface area (Å²) in [7, 11) is 0. The van der Waals surface area contributed by atoms with Crippen molar-refractivity contribution in [2.24, 2.45) is 5.73 Å². The van der Waals surface area contributed by atoms with Crippen molar-refractivity contribution >= 4 is 40.3 Å². The molecule has 1 unspecified atom stereocenters. The summed E-state index contributed by atoms with van der Waals surface area (Å²) in [5.74, 6) is -0.584. The molecule has 0 saturated carbocycles. The smallest absolute Gasteiger partial charge is 0.254 e. The van der Waals surface area contributed by atoms with Gasteiger partial charge in [0, 0.05) is 23.6 Å². The lowest BCUT2D eigenvalue weighted by atomic mass is 10.1. The third-order valence-electron chi connectivity index (χ3n) is 3.06. The summed E-state index contributed by atoms with van der Waals surface area (Å²) in [5.41, 5.74) is 6.17. The highest BCUT2D eigenvalue weighted by molar-refractivity contribution is 8.93. The molecule has 0 radical (unpaired) electrons. The Kier molecular flexibility index (Phi) is 6.05. The van der Waals surface area contributed by atoms with Gasteiger partial charge in [-0.25, -0.2) is 0 Å². The number of nitrogens with two attached hydrogens (primary N) is 1. The van der Waals surface area contributed by atoms with E-state index in [0.717, 1.165) is 0 Å². The van der Waals surface area contributed by atoms with Crippen molar-refractivity contribution in [2.45, 2.75) is 13.0 Å². The van der Waals surface area contributed by atoms with E-state index in [1.807, 2.05) is 0 Å². The number of ketones is 1. The molecule has 110 valence electrons. The lowest BCUT2D eigenvalue weighted by molar-refractivity contribution is -0.704. The number of aromatic nitrogens is 1. The van der Waals surface area contributed by atoms with Crippen LogP contribution in [0.25, 0.3) is 0 Å². The number of primary amides is 1. The van der Waals surface area contributed by atoms with Crippen LogP contribution >= 0.6 is 28.6 Å². The van der Waals surface area contributed by atoms with Crippen LogP contribution in [0.15, 0.2) is 48.8 Å². The van der Waals surface area contributed by atoms with Crippen molar-refractivity contribution in [1.29, 1.82) is 0 Å². The van der Waals surface area contributed by atoms with Gasteiger partial charge >= 0.3 is 0 Å². The number of hydrogen-bond acceptors (Lipinski definition) is 2. The number of carbonyl (C=O) groups excluding carboxylic acids is 2. The van der Waals surface area contributed by atoms with Gasteiger partial charge in [-0.15, -0.1) is 17.0 Å². The van der Waals surface area contributed by atoms with Gasteiger partial charge in [-0.2, -0.15) is 4.57 Å². The second-order valence-electron chi connectivity index (χ2n) is 4.45. The molecule has 0 aliphatic heterocycles. The van der Waals surface area contributed by atoms with Gasteiger partial charge < -0.3 is 5.73 Å². The number of nitrogens with zero attached hydrogens (tertiary/aromatic N) is 1. The van der Waals surface area contributed by atoms with Crippen LogP contribution < -0.4 is 10.3 Å². The highest BCUT2D eigenvalue weighted by Gasteiger charge is 2.24. The molecule has 1 aromatic carbocycles. The number of rotatable bonds is 4. The van der Waals surface area contributed by atoms with Crippen LogP contribution in [0, 0.1) is 0 Å². The first-order valence-corrected chi connectivity index (χ1v) is 6.47. The maximum atomic E-state index is 12.4. The molecule has 2 rings (SSSR count). The fourth-order valence-corrected chi connectivity index (χ4v) is 2.00. The first-order chi connectivity index (χ1) is 9.49. The standard InChI is InChI=1S/C15H13ClN2O2.BrH/c1-10(14(19)11-4-6-13(16)7-5-11)18-8-2-3-12(9-18)15(17)20;/h2-10H,1H3,(H-,17,20);1H/p+1. The molecule has 2 aromatic rings. The van der Waals surface area contributed by atoms with Crippen molar-refractivity contribution in [3.8, 4) is 0 Å². The zero-order valence-corrected chi connectivity index (χ0v) is 13.8. The Balaban J connectivity index is 0.00000220. The predicted molar refractivity (Wildman–Crippen MR) is 86.0 cm³/mol. The van der Waals surface area contributed by atoms with Gasteiger partial charge in [0.15, 0.2) is 12.4 Å². The van der Waals surface area contributed by atoms with Gasteiger partial charge in [0.25, 0.3) is 5.91 Å².